The number of aliphatic hydroxyl groups is 1. The molecule has 1 amide bonds. The fourth-order valence-electron chi connectivity index (χ4n) is 4.40. The van der Waals surface area contributed by atoms with Gasteiger partial charge in [0.1, 0.15) is 11.5 Å². The third-order valence-corrected chi connectivity index (χ3v) is 6.02. The Morgan fingerprint density at radius 1 is 1.03 bits per heavy atom. The van der Waals surface area contributed by atoms with Crippen molar-refractivity contribution in [2.45, 2.75) is 26.3 Å². The molecule has 3 aromatic carbocycles. The van der Waals surface area contributed by atoms with Crippen LogP contribution in [-0.2, 0) is 9.59 Å². The van der Waals surface area contributed by atoms with Crippen LogP contribution in [0.15, 0.2) is 72.3 Å². The number of ketones is 1. The van der Waals surface area contributed by atoms with E-state index in [1.807, 2.05) is 38.1 Å². The van der Waals surface area contributed by atoms with Crippen LogP contribution < -0.4 is 19.1 Å². The molecule has 1 fully saturated rings. The maximum absolute atomic E-state index is 13.4. The summed E-state index contributed by atoms with van der Waals surface area (Å²) in [5, 5.41) is 11.4. The Kier molecular flexibility index (Phi) is 5.91. The smallest absolute Gasteiger partial charge is 0.300 e. The molecule has 2 aliphatic heterocycles. The second-order valence-corrected chi connectivity index (χ2v) is 8.50. The number of anilines is 1. The Morgan fingerprint density at radius 2 is 1.83 bits per heavy atom. The van der Waals surface area contributed by atoms with E-state index in [1.54, 1.807) is 42.5 Å². The molecule has 35 heavy (non-hydrogen) atoms. The highest BCUT2D eigenvalue weighted by Gasteiger charge is 2.47. The number of hydrogen-bond acceptors (Lipinski definition) is 6. The molecule has 178 valence electrons. The number of ether oxygens (including phenoxy) is 3. The van der Waals surface area contributed by atoms with Gasteiger partial charge in [-0.05, 0) is 43.2 Å². The van der Waals surface area contributed by atoms with Crippen LogP contribution in [-0.4, -0.2) is 30.2 Å². The number of aryl methyl sites for hydroxylation is 1. The van der Waals surface area contributed by atoms with Gasteiger partial charge in [-0.2, -0.15) is 0 Å². The monoisotopic (exact) mass is 471 g/mol. The predicted octanol–water partition coefficient (Wildman–Crippen LogP) is 5.14. The van der Waals surface area contributed by atoms with Gasteiger partial charge in [0.2, 0.25) is 6.79 Å². The quantitative estimate of drug-likeness (QED) is 0.304. The van der Waals surface area contributed by atoms with Crippen LogP contribution in [0, 0.1) is 6.92 Å². The lowest BCUT2D eigenvalue weighted by atomic mass is 9.94. The second kappa shape index (κ2) is 9.18. The molecule has 0 aliphatic carbocycles. The molecule has 1 unspecified atom stereocenters. The number of hydrogen-bond donors (Lipinski definition) is 1. The number of fused-ring (bicyclic) bond motifs is 1. The highest BCUT2D eigenvalue weighted by Crippen LogP contribution is 2.45. The first-order chi connectivity index (χ1) is 17.0. The van der Waals surface area contributed by atoms with E-state index in [1.165, 1.54) is 4.90 Å². The molecule has 0 saturated carbocycles. The predicted molar refractivity (Wildman–Crippen MR) is 131 cm³/mol. The fourth-order valence-corrected chi connectivity index (χ4v) is 4.40. The summed E-state index contributed by atoms with van der Waals surface area (Å²) in [5.41, 5.74) is 2.57. The Labute approximate surface area is 203 Å². The minimum atomic E-state index is -0.824. The van der Waals surface area contributed by atoms with Crippen molar-refractivity contribution in [3.05, 3.63) is 89.0 Å². The van der Waals surface area contributed by atoms with Crippen molar-refractivity contribution >= 4 is 23.1 Å². The van der Waals surface area contributed by atoms with Crippen LogP contribution in [0.5, 0.6) is 17.2 Å². The topological polar surface area (TPSA) is 85.3 Å². The summed E-state index contributed by atoms with van der Waals surface area (Å²) in [4.78, 5) is 28.1. The Morgan fingerprint density at radius 3 is 2.63 bits per heavy atom. The van der Waals surface area contributed by atoms with E-state index in [0.717, 1.165) is 12.0 Å². The third-order valence-electron chi connectivity index (χ3n) is 6.02. The molecule has 7 nitrogen and oxygen atoms in total. The van der Waals surface area contributed by atoms with E-state index >= 15 is 0 Å². The maximum Gasteiger partial charge on any atom is 0.300 e. The Hall–Kier alpha value is -4.26. The Bertz CT molecular complexity index is 1340. The number of Topliss-reactive ketones (excluding diaryl/α,β-unsaturated/α-hetero) is 1. The number of rotatable bonds is 6. The minimum absolute atomic E-state index is 0.0194. The zero-order chi connectivity index (χ0) is 24.5. The van der Waals surface area contributed by atoms with Gasteiger partial charge >= 0.3 is 0 Å². The molecule has 2 aliphatic rings. The maximum atomic E-state index is 13.4. The van der Waals surface area contributed by atoms with E-state index in [0.29, 0.717) is 40.7 Å². The summed E-state index contributed by atoms with van der Waals surface area (Å²) in [5.74, 6) is -0.0931. The van der Waals surface area contributed by atoms with Crippen LogP contribution in [0.2, 0.25) is 0 Å². The van der Waals surface area contributed by atoms with E-state index in [2.05, 4.69) is 0 Å². The van der Waals surface area contributed by atoms with Crippen molar-refractivity contribution in [2.24, 2.45) is 0 Å². The molecule has 1 N–H and O–H groups in total. The summed E-state index contributed by atoms with van der Waals surface area (Å²) in [6, 6.07) is 18.7. The second-order valence-electron chi connectivity index (χ2n) is 8.50. The zero-order valence-electron chi connectivity index (χ0n) is 19.5. The molecule has 3 aromatic rings. The van der Waals surface area contributed by atoms with Crippen molar-refractivity contribution in [1.82, 2.24) is 0 Å². The van der Waals surface area contributed by atoms with Gasteiger partial charge in [0.05, 0.1) is 18.2 Å². The average molecular weight is 472 g/mol. The summed E-state index contributed by atoms with van der Waals surface area (Å²) in [6.45, 7) is 4.56. The van der Waals surface area contributed by atoms with Crippen molar-refractivity contribution in [1.29, 1.82) is 0 Å². The molecule has 0 aromatic heterocycles. The van der Waals surface area contributed by atoms with Crippen LogP contribution >= 0.6 is 0 Å². The molecule has 0 radical (unpaired) electrons. The van der Waals surface area contributed by atoms with Crippen LogP contribution in [0.25, 0.3) is 5.76 Å². The van der Waals surface area contributed by atoms with Crippen molar-refractivity contribution in [3.8, 4) is 17.2 Å². The van der Waals surface area contributed by atoms with Crippen LogP contribution in [0.1, 0.15) is 36.1 Å². The molecule has 7 heteroatoms. The van der Waals surface area contributed by atoms with Crippen molar-refractivity contribution in [3.63, 3.8) is 0 Å². The number of amides is 1. The number of benzene rings is 3. The molecular formula is C28H25NO6. The normalized spacial score (nSPS) is 18.2. The van der Waals surface area contributed by atoms with E-state index in [9.17, 15) is 14.7 Å². The van der Waals surface area contributed by atoms with Crippen molar-refractivity contribution in [2.75, 3.05) is 18.3 Å². The highest BCUT2D eigenvalue weighted by molar-refractivity contribution is 6.51. The first kappa shape index (κ1) is 22.5. The van der Waals surface area contributed by atoms with Gasteiger partial charge in [0.15, 0.2) is 11.5 Å². The molecular weight excluding hydrogens is 446 g/mol. The standard InChI is InChI=1S/C28H25NO6/c1-3-12-33-21-9-5-8-19(14-21)26(30)24-25(18-7-4-6-17(2)13-18)29(28(32)27(24)31)20-10-11-22-23(15-20)35-16-34-22/h4-11,13-15,25,30H,3,12,16H2,1-2H3/b26-24+. The molecule has 1 saturated heterocycles. The minimum Gasteiger partial charge on any atom is -0.507 e. The largest absolute Gasteiger partial charge is 0.507 e. The van der Waals surface area contributed by atoms with Gasteiger partial charge < -0.3 is 19.3 Å². The lowest BCUT2D eigenvalue weighted by Crippen LogP contribution is -2.29. The third kappa shape index (κ3) is 4.10. The molecule has 1 atom stereocenters. The number of nitrogens with zero attached hydrogens (tertiary/aromatic N) is 1. The van der Waals surface area contributed by atoms with Gasteiger partial charge in [-0.3, -0.25) is 14.5 Å². The first-order valence-corrected chi connectivity index (χ1v) is 11.5. The SMILES string of the molecule is CCCOc1cccc(/C(O)=C2\C(=O)C(=O)N(c3ccc4c(c3)OCO4)C2c2cccc(C)c2)c1. The number of aliphatic hydroxyl groups excluding tert-OH is 1. The highest BCUT2D eigenvalue weighted by atomic mass is 16.7. The van der Waals surface area contributed by atoms with Crippen LogP contribution in [0.3, 0.4) is 0 Å². The summed E-state index contributed by atoms with van der Waals surface area (Å²) in [6.07, 6.45) is 0.838. The fraction of sp³-hybridized carbons (Fsp3) is 0.214. The number of carbonyl (C=O) groups excluding carboxylic acids is 2. The molecule has 2 heterocycles. The van der Waals surface area contributed by atoms with E-state index < -0.39 is 17.7 Å². The summed E-state index contributed by atoms with van der Waals surface area (Å²) >= 11 is 0. The van der Waals surface area contributed by atoms with Gasteiger partial charge in [0.25, 0.3) is 11.7 Å². The average Bonchev–Trinajstić information content (AvgIpc) is 3.44. The van der Waals surface area contributed by atoms with Gasteiger partial charge in [-0.15, -0.1) is 0 Å². The molecule has 5 rings (SSSR count). The summed E-state index contributed by atoms with van der Waals surface area (Å²) < 4.78 is 16.6. The van der Waals surface area contributed by atoms with E-state index in [4.69, 9.17) is 14.2 Å². The lowest BCUT2D eigenvalue weighted by molar-refractivity contribution is -0.132. The summed E-state index contributed by atoms with van der Waals surface area (Å²) in [7, 11) is 0. The zero-order valence-corrected chi connectivity index (χ0v) is 19.5. The first-order valence-electron chi connectivity index (χ1n) is 11.5. The molecule has 0 bridgehead atoms. The lowest BCUT2D eigenvalue weighted by Gasteiger charge is -2.26. The Balaban J connectivity index is 1.66. The van der Waals surface area contributed by atoms with Gasteiger partial charge in [-0.25, -0.2) is 0 Å². The molecule has 0 spiro atoms. The van der Waals surface area contributed by atoms with Crippen molar-refractivity contribution < 1.29 is 28.9 Å². The van der Waals surface area contributed by atoms with E-state index in [-0.39, 0.29) is 18.1 Å². The van der Waals surface area contributed by atoms with Gasteiger partial charge in [0, 0.05) is 17.3 Å². The van der Waals surface area contributed by atoms with Crippen LogP contribution in [0.4, 0.5) is 5.69 Å². The number of carbonyl (C=O) groups is 2. The van der Waals surface area contributed by atoms with Gasteiger partial charge in [-0.1, -0.05) is 48.9 Å².